The lowest BCUT2D eigenvalue weighted by Crippen LogP contribution is -2.50. The minimum Gasteiger partial charge on any atom is -0.382 e. The molecule has 106 valence electrons. The Labute approximate surface area is 109 Å². The number of carbonyl (C=O) groups excluding carboxylic acids is 1. The molecule has 0 aromatic carbocycles. The van der Waals surface area contributed by atoms with Crippen molar-refractivity contribution in [2.24, 2.45) is 0 Å². The molecule has 0 aromatic heterocycles. The first-order valence-corrected chi connectivity index (χ1v) is 6.33. The summed E-state index contributed by atoms with van der Waals surface area (Å²) in [5.41, 5.74) is 0. The molecule has 0 saturated carbocycles. The summed E-state index contributed by atoms with van der Waals surface area (Å²) in [7, 11) is 3.21. The summed E-state index contributed by atoms with van der Waals surface area (Å²) < 4.78 is 15.2. The van der Waals surface area contributed by atoms with Crippen LogP contribution in [0, 0.1) is 0 Å². The van der Waals surface area contributed by atoms with Gasteiger partial charge in [-0.2, -0.15) is 0 Å². The lowest BCUT2D eigenvalue weighted by Gasteiger charge is -2.34. The maximum atomic E-state index is 11.6. The predicted octanol–water partition coefficient (Wildman–Crippen LogP) is -0.560. The molecule has 1 rings (SSSR count). The van der Waals surface area contributed by atoms with E-state index in [2.05, 4.69) is 4.90 Å². The van der Waals surface area contributed by atoms with E-state index < -0.39 is 0 Å². The summed E-state index contributed by atoms with van der Waals surface area (Å²) in [5.74, 6) is 0.0773. The highest BCUT2D eigenvalue weighted by Gasteiger charge is 2.20. The monoisotopic (exact) mass is 260 g/mol. The van der Waals surface area contributed by atoms with Crippen LogP contribution in [0.25, 0.3) is 0 Å². The molecule has 18 heavy (non-hydrogen) atoms. The lowest BCUT2D eigenvalue weighted by molar-refractivity contribution is -0.136. The fraction of sp³-hybridized carbons (Fsp3) is 0.917. The summed E-state index contributed by atoms with van der Waals surface area (Å²) in [6.45, 7) is 6.46. The van der Waals surface area contributed by atoms with E-state index in [1.165, 1.54) is 0 Å². The van der Waals surface area contributed by atoms with Crippen molar-refractivity contribution in [3.05, 3.63) is 0 Å². The van der Waals surface area contributed by atoms with Crippen molar-refractivity contribution >= 4 is 5.91 Å². The molecule has 0 radical (unpaired) electrons. The lowest BCUT2D eigenvalue weighted by atomic mass is 10.3. The van der Waals surface area contributed by atoms with Gasteiger partial charge in [-0.1, -0.05) is 0 Å². The zero-order valence-electron chi connectivity index (χ0n) is 11.4. The molecule has 0 atom stereocenters. The largest absolute Gasteiger partial charge is 0.382 e. The van der Waals surface area contributed by atoms with Crippen LogP contribution in [0.2, 0.25) is 0 Å². The predicted molar refractivity (Wildman–Crippen MR) is 67.6 cm³/mol. The number of hydrogen-bond acceptors (Lipinski definition) is 5. The normalized spacial score (nSPS) is 17.1. The molecule has 1 saturated heterocycles. The Kier molecular flexibility index (Phi) is 7.91. The van der Waals surface area contributed by atoms with Crippen molar-refractivity contribution in [2.75, 3.05) is 73.4 Å². The Balaban J connectivity index is 2.06. The zero-order valence-corrected chi connectivity index (χ0v) is 11.4. The van der Waals surface area contributed by atoms with Gasteiger partial charge in [-0.15, -0.1) is 0 Å². The smallest absolute Gasteiger partial charge is 0.248 e. The van der Waals surface area contributed by atoms with E-state index >= 15 is 0 Å². The zero-order chi connectivity index (χ0) is 13.2. The Morgan fingerprint density at radius 2 is 1.72 bits per heavy atom. The summed E-state index contributed by atoms with van der Waals surface area (Å²) >= 11 is 0. The molecule has 1 amide bonds. The highest BCUT2D eigenvalue weighted by molar-refractivity contribution is 5.77. The first kappa shape index (κ1) is 15.4. The molecule has 0 bridgehead atoms. The second-order valence-corrected chi connectivity index (χ2v) is 4.26. The number of rotatable bonds is 8. The molecular weight excluding hydrogens is 236 g/mol. The van der Waals surface area contributed by atoms with Crippen LogP contribution >= 0.6 is 0 Å². The van der Waals surface area contributed by atoms with Crippen molar-refractivity contribution in [1.29, 1.82) is 0 Å². The van der Waals surface area contributed by atoms with E-state index in [1.54, 1.807) is 14.2 Å². The summed E-state index contributed by atoms with van der Waals surface area (Å²) in [4.78, 5) is 15.7. The fourth-order valence-corrected chi connectivity index (χ4v) is 1.87. The van der Waals surface area contributed by atoms with Gasteiger partial charge in [0.05, 0.1) is 19.8 Å². The highest BCUT2D eigenvalue weighted by Crippen LogP contribution is 2.02. The minimum atomic E-state index is 0.0773. The third-order valence-electron chi connectivity index (χ3n) is 2.98. The minimum absolute atomic E-state index is 0.0773. The first-order valence-electron chi connectivity index (χ1n) is 6.33. The van der Waals surface area contributed by atoms with Crippen LogP contribution in [0.15, 0.2) is 0 Å². The maximum Gasteiger partial charge on any atom is 0.248 e. The Morgan fingerprint density at radius 3 is 2.33 bits per heavy atom. The fourth-order valence-electron chi connectivity index (χ4n) is 1.87. The van der Waals surface area contributed by atoms with Crippen LogP contribution in [0.3, 0.4) is 0 Å². The molecule has 1 aliphatic rings. The topological polar surface area (TPSA) is 51.2 Å². The third kappa shape index (κ3) is 5.77. The molecule has 0 aromatic rings. The quantitative estimate of drug-likeness (QED) is 0.548. The summed E-state index contributed by atoms with van der Waals surface area (Å²) in [6, 6.07) is 0. The molecule has 1 fully saturated rings. The van der Waals surface area contributed by atoms with Gasteiger partial charge in [-0.05, 0) is 0 Å². The van der Waals surface area contributed by atoms with E-state index in [9.17, 15) is 4.79 Å². The van der Waals surface area contributed by atoms with Crippen molar-refractivity contribution in [3.63, 3.8) is 0 Å². The van der Waals surface area contributed by atoms with Crippen LogP contribution in [-0.2, 0) is 19.0 Å². The Morgan fingerprint density at radius 1 is 1.00 bits per heavy atom. The van der Waals surface area contributed by atoms with Crippen molar-refractivity contribution in [2.45, 2.75) is 0 Å². The van der Waals surface area contributed by atoms with Gasteiger partial charge in [0.1, 0.15) is 6.61 Å². The van der Waals surface area contributed by atoms with Gasteiger partial charge in [0.2, 0.25) is 5.91 Å². The average molecular weight is 260 g/mol. The number of nitrogens with zero attached hydrogens (tertiary/aromatic N) is 2. The molecule has 0 aliphatic carbocycles. The molecule has 1 aliphatic heterocycles. The van der Waals surface area contributed by atoms with Gasteiger partial charge in [0.15, 0.2) is 0 Å². The standard InChI is InChI=1S/C12H24N2O4/c1-16-9-10-18-8-7-13-3-5-14(6-4-13)12(15)11-17-2/h3-11H2,1-2H3. The van der Waals surface area contributed by atoms with Crippen molar-refractivity contribution in [1.82, 2.24) is 9.80 Å². The average Bonchev–Trinajstić information content (AvgIpc) is 2.39. The van der Waals surface area contributed by atoms with Crippen LogP contribution in [0.4, 0.5) is 0 Å². The van der Waals surface area contributed by atoms with Crippen LogP contribution in [0.5, 0.6) is 0 Å². The number of piperazine rings is 1. The molecule has 0 N–H and O–H groups in total. The number of amides is 1. The van der Waals surface area contributed by atoms with E-state index in [1.807, 2.05) is 4.90 Å². The van der Waals surface area contributed by atoms with E-state index in [0.29, 0.717) is 13.2 Å². The van der Waals surface area contributed by atoms with Crippen molar-refractivity contribution < 1.29 is 19.0 Å². The third-order valence-corrected chi connectivity index (χ3v) is 2.98. The number of methoxy groups -OCH3 is 2. The van der Waals surface area contributed by atoms with Gasteiger partial charge >= 0.3 is 0 Å². The molecule has 1 heterocycles. The number of ether oxygens (including phenoxy) is 3. The molecule has 0 unspecified atom stereocenters. The van der Waals surface area contributed by atoms with Gasteiger partial charge in [0.25, 0.3) is 0 Å². The Bertz CT molecular complexity index is 230. The SMILES string of the molecule is COCCOCCN1CCN(C(=O)COC)CC1. The van der Waals surface area contributed by atoms with Crippen molar-refractivity contribution in [3.8, 4) is 0 Å². The van der Waals surface area contributed by atoms with E-state index in [4.69, 9.17) is 14.2 Å². The second kappa shape index (κ2) is 9.27. The molecule has 0 spiro atoms. The summed E-state index contributed by atoms with van der Waals surface area (Å²) in [6.07, 6.45) is 0. The molecule has 6 heteroatoms. The van der Waals surface area contributed by atoms with E-state index in [-0.39, 0.29) is 12.5 Å². The molecule has 6 nitrogen and oxygen atoms in total. The van der Waals surface area contributed by atoms with Gasteiger partial charge in [0, 0.05) is 46.9 Å². The van der Waals surface area contributed by atoms with Crippen LogP contribution in [0.1, 0.15) is 0 Å². The maximum absolute atomic E-state index is 11.6. The number of carbonyl (C=O) groups is 1. The van der Waals surface area contributed by atoms with Gasteiger partial charge in [-0.3, -0.25) is 9.69 Å². The van der Waals surface area contributed by atoms with Crippen LogP contribution in [-0.4, -0.2) is 89.1 Å². The Hall–Kier alpha value is -0.690. The van der Waals surface area contributed by atoms with E-state index in [0.717, 1.165) is 39.3 Å². The van der Waals surface area contributed by atoms with Gasteiger partial charge in [-0.25, -0.2) is 0 Å². The highest BCUT2D eigenvalue weighted by atomic mass is 16.5. The van der Waals surface area contributed by atoms with Crippen LogP contribution < -0.4 is 0 Å². The first-order chi connectivity index (χ1) is 8.77. The second-order valence-electron chi connectivity index (χ2n) is 4.26. The summed E-state index contributed by atoms with van der Waals surface area (Å²) in [5, 5.41) is 0. The van der Waals surface area contributed by atoms with Gasteiger partial charge < -0.3 is 19.1 Å². The number of hydrogen-bond donors (Lipinski definition) is 0. The molecular formula is C12H24N2O4.